The van der Waals surface area contributed by atoms with Crippen LogP contribution in [-0.2, 0) is 22.0 Å². The van der Waals surface area contributed by atoms with Crippen LogP contribution in [0.5, 0.6) is 0 Å². The Morgan fingerprint density at radius 3 is 2.33 bits per heavy atom. The van der Waals surface area contributed by atoms with Crippen LogP contribution in [0.3, 0.4) is 0 Å². The van der Waals surface area contributed by atoms with E-state index in [2.05, 4.69) is 11.8 Å². The summed E-state index contributed by atoms with van der Waals surface area (Å²) >= 11 is 0. The average molecular weight is 182 g/mol. The van der Waals surface area contributed by atoms with Crippen molar-refractivity contribution in [3.8, 4) is 0 Å². The molecule has 0 atom stereocenters. The maximum atomic E-state index is 7.87. The molecule has 0 aromatic carbocycles. The van der Waals surface area contributed by atoms with Crippen molar-refractivity contribution in [2.75, 3.05) is 6.61 Å². The van der Waals surface area contributed by atoms with E-state index in [1.165, 1.54) is 12.8 Å². The minimum absolute atomic E-state index is 0. The van der Waals surface area contributed by atoms with Gasteiger partial charge < -0.3 is 0 Å². The van der Waals surface area contributed by atoms with Crippen LogP contribution in [0, 0.1) is 0 Å². The van der Waals surface area contributed by atoms with Gasteiger partial charge in [0.25, 0.3) is 0 Å². The van der Waals surface area contributed by atoms with Gasteiger partial charge in [-0.3, -0.25) is 5.26 Å². The summed E-state index contributed by atoms with van der Waals surface area (Å²) < 4.78 is 0. The molecule has 0 saturated heterocycles. The number of unbranched alkanes of at least 4 members (excludes halogenated alkanes) is 3. The summed E-state index contributed by atoms with van der Waals surface area (Å²) in [5, 5.41) is 7.87. The summed E-state index contributed by atoms with van der Waals surface area (Å²) in [5.41, 5.74) is 0. The molecule has 0 spiro atoms. The molecular weight excluding hydrogens is 168 g/mol. The predicted molar refractivity (Wildman–Crippen MR) is 32.7 cm³/mol. The van der Waals surface area contributed by atoms with Crippen molar-refractivity contribution in [3.63, 3.8) is 0 Å². The molecule has 1 radical (unpaired) electrons. The van der Waals surface area contributed by atoms with E-state index in [1.54, 1.807) is 0 Å². The van der Waals surface area contributed by atoms with Crippen molar-refractivity contribution in [2.45, 2.75) is 32.6 Å². The second-order valence-electron chi connectivity index (χ2n) is 1.89. The summed E-state index contributed by atoms with van der Waals surface area (Å²) in [6.45, 7) is 2.64. The molecule has 0 amide bonds. The van der Waals surface area contributed by atoms with E-state index in [9.17, 15) is 0 Å². The Labute approximate surface area is 67.0 Å². The summed E-state index contributed by atoms with van der Waals surface area (Å²) in [7, 11) is 0. The third-order valence-corrected chi connectivity index (χ3v) is 1.09. The molecule has 0 saturated carbocycles. The van der Waals surface area contributed by atoms with Gasteiger partial charge in [-0.15, -0.1) is 0 Å². The van der Waals surface area contributed by atoms with Crippen LogP contribution in [-0.4, -0.2) is 11.9 Å². The molecule has 0 aliphatic heterocycles. The molecule has 0 unspecified atom stereocenters. The van der Waals surface area contributed by atoms with E-state index in [4.69, 9.17) is 5.26 Å². The van der Waals surface area contributed by atoms with Gasteiger partial charge in [0.15, 0.2) is 0 Å². The summed E-state index contributed by atoms with van der Waals surface area (Å²) in [6, 6.07) is 0. The van der Waals surface area contributed by atoms with Crippen molar-refractivity contribution in [2.24, 2.45) is 0 Å². The third kappa shape index (κ3) is 11.8. The Bertz CT molecular complexity index is 36.0. The third-order valence-electron chi connectivity index (χ3n) is 1.09. The molecule has 0 rings (SSSR count). The topological polar surface area (TPSA) is 29.5 Å². The zero-order valence-electron chi connectivity index (χ0n) is 5.69. The van der Waals surface area contributed by atoms with Crippen molar-refractivity contribution in [1.29, 1.82) is 0 Å². The molecule has 1 N–H and O–H groups in total. The first-order chi connectivity index (χ1) is 3.91. The molecule has 0 aromatic heterocycles. The molecule has 0 aliphatic carbocycles. The second-order valence-corrected chi connectivity index (χ2v) is 1.89. The fourth-order valence-corrected chi connectivity index (χ4v) is 0.593. The fourth-order valence-electron chi connectivity index (χ4n) is 0.593. The van der Waals surface area contributed by atoms with Crippen LogP contribution in [0.4, 0.5) is 0 Å². The number of hydrogen-bond acceptors (Lipinski definition) is 2. The normalized spacial score (nSPS) is 8.67. The quantitative estimate of drug-likeness (QED) is 0.305. The number of rotatable bonds is 5. The van der Waals surface area contributed by atoms with E-state index in [1.807, 2.05) is 0 Å². The first kappa shape index (κ1) is 12.1. The Hall–Kier alpha value is 0.439. The van der Waals surface area contributed by atoms with Gasteiger partial charge in [0.2, 0.25) is 0 Å². The van der Waals surface area contributed by atoms with Crippen LogP contribution < -0.4 is 0 Å². The van der Waals surface area contributed by atoms with Gasteiger partial charge in [-0.2, -0.15) is 0 Å². The first-order valence-corrected chi connectivity index (χ1v) is 3.18. The molecule has 0 aliphatic rings. The Balaban J connectivity index is 0. The standard InChI is InChI=1S/C6H14O2.Cu/c1-2-3-4-5-6-8-7;/h7H,2-6H2,1H3;. The monoisotopic (exact) mass is 181 g/mol. The van der Waals surface area contributed by atoms with Gasteiger partial charge in [0, 0.05) is 17.1 Å². The second kappa shape index (κ2) is 11.3. The molecule has 0 fully saturated rings. The van der Waals surface area contributed by atoms with E-state index in [-0.39, 0.29) is 17.1 Å². The molecular formula is C6H14CuO2. The molecule has 0 bridgehead atoms. The predicted octanol–water partition coefficient (Wildman–Crippen LogP) is 2.05. The van der Waals surface area contributed by atoms with Crippen LogP contribution in [0.2, 0.25) is 0 Å². The van der Waals surface area contributed by atoms with Crippen molar-refractivity contribution in [1.82, 2.24) is 0 Å². The van der Waals surface area contributed by atoms with Crippen molar-refractivity contribution >= 4 is 0 Å². The van der Waals surface area contributed by atoms with Crippen LogP contribution in [0.25, 0.3) is 0 Å². The molecule has 3 heteroatoms. The largest absolute Gasteiger partial charge is 0.252 e. The summed E-state index contributed by atoms with van der Waals surface area (Å²) in [6.07, 6.45) is 4.61. The summed E-state index contributed by atoms with van der Waals surface area (Å²) in [4.78, 5) is 3.89. The SMILES string of the molecule is CCCCCCOO.[Cu]. The van der Waals surface area contributed by atoms with Gasteiger partial charge in [-0.1, -0.05) is 26.2 Å². The van der Waals surface area contributed by atoms with Gasteiger partial charge in [0.1, 0.15) is 0 Å². The zero-order chi connectivity index (χ0) is 6.24. The van der Waals surface area contributed by atoms with Gasteiger partial charge in [0.05, 0.1) is 6.61 Å². The van der Waals surface area contributed by atoms with E-state index in [0.29, 0.717) is 6.61 Å². The Morgan fingerprint density at radius 1 is 1.22 bits per heavy atom. The maximum absolute atomic E-state index is 7.87. The molecule has 0 aromatic rings. The number of hydrogen-bond donors (Lipinski definition) is 1. The van der Waals surface area contributed by atoms with Gasteiger partial charge in [-0.25, -0.2) is 4.89 Å². The van der Waals surface area contributed by atoms with E-state index in [0.717, 1.165) is 12.8 Å². The average Bonchev–Trinajstić information content (AvgIpc) is 1.81. The van der Waals surface area contributed by atoms with Gasteiger partial charge in [-0.05, 0) is 6.42 Å². The molecule has 9 heavy (non-hydrogen) atoms. The zero-order valence-corrected chi connectivity index (χ0v) is 6.63. The maximum Gasteiger partial charge on any atom is 0.0819 e. The van der Waals surface area contributed by atoms with E-state index < -0.39 is 0 Å². The van der Waals surface area contributed by atoms with Gasteiger partial charge >= 0.3 is 0 Å². The Kier molecular flexibility index (Phi) is 15.2. The molecule has 2 nitrogen and oxygen atoms in total. The van der Waals surface area contributed by atoms with Crippen LogP contribution in [0.1, 0.15) is 32.6 Å². The van der Waals surface area contributed by atoms with Crippen LogP contribution in [0.15, 0.2) is 0 Å². The minimum atomic E-state index is 0. The first-order valence-electron chi connectivity index (χ1n) is 3.18. The Morgan fingerprint density at radius 2 is 1.89 bits per heavy atom. The van der Waals surface area contributed by atoms with E-state index >= 15 is 0 Å². The fraction of sp³-hybridized carbons (Fsp3) is 1.00. The summed E-state index contributed by atoms with van der Waals surface area (Å²) in [5.74, 6) is 0. The van der Waals surface area contributed by atoms with Crippen LogP contribution >= 0.6 is 0 Å². The van der Waals surface area contributed by atoms with Crippen molar-refractivity contribution in [3.05, 3.63) is 0 Å². The van der Waals surface area contributed by atoms with Crippen molar-refractivity contribution < 1.29 is 27.2 Å². The molecule has 61 valence electrons. The smallest absolute Gasteiger partial charge is 0.0819 e. The minimum Gasteiger partial charge on any atom is -0.252 e. The molecule has 0 heterocycles.